The molecule has 7 heteroatoms. The Labute approximate surface area is 110 Å². The zero-order valence-corrected chi connectivity index (χ0v) is 11.0. The minimum atomic E-state index is -0.865. The van der Waals surface area contributed by atoms with E-state index in [9.17, 15) is 4.79 Å². The van der Waals surface area contributed by atoms with Gasteiger partial charge in [0.25, 0.3) is 0 Å². The van der Waals surface area contributed by atoms with Crippen molar-refractivity contribution in [2.45, 2.75) is 39.2 Å². The second-order valence-electron chi connectivity index (χ2n) is 4.41. The van der Waals surface area contributed by atoms with Crippen LogP contribution in [0, 0.1) is 6.92 Å². The van der Waals surface area contributed by atoms with E-state index < -0.39 is 12.0 Å². The molecule has 0 aliphatic carbocycles. The van der Waals surface area contributed by atoms with Crippen molar-refractivity contribution >= 4 is 17.4 Å². The van der Waals surface area contributed by atoms with Crippen LogP contribution in [0.5, 0.6) is 0 Å². The van der Waals surface area contributed by atoms with E-state index >= 15 is 0 Å². The van der Waals surface area contributed by atoms with Crippen LogP contribution in [0.1, 0.15) is 32.0 Å². The van der Waals surface area contributed by atoms with E-state index in [1.807, 2.05) is 6.92 Å². The first-order valence-electron chi connectivity index (χ1n) is 6.30. The average Bonchev–Trinajstić information content (AvgIpc) is 2.76. The van der Waals surface area contributed by atoms with Crippen LogP contribution in [0.15, 0.2) is 12.1 Å². The highest BCUT2D eigenvalue weighted by Crippen LogP contribution is 2.11. The Hall–Kier alpha value is -2.18. The number of aryl methyl sites for hydroxylation is 1. The molecule has 2 aromatic rings. The molecule has 1 unspecified atom stereocenters. The fraction of sp³-hybridized carbons (Fsp3) is 0.500. The van der Waals surface area contributed by atoms with Gasteiger partial charge in [-0.3, -0.25) is 0 Å². The second kappa shape index (κ2) is 5.64. The van der Waals surface area contributed by atoms with E-state index in [-0.39, 0.29) is 0 Å². The second-order valence-corrected chi connectivity index (χ2v) is 4.41. The van der Waals surface area contributed by atoms with Crippen molar-refractivity contribution in [2.24, 2.45) is 0 Å². The molecular weight excluding hydrogens is 246 g/mol. The SMILES string of the molecule is CCCCC(Nc1ccc2nnc(C)n2n1)C(=O)O. The van der Waals surface area contributed by atoms with Gasteiger partial charge in [-0.25, -0.2) is 4.79 Å². The molecule has 7 nitrogen and oxygen atoms in total. The van der Waals surface area contributed by atoms with Crippen LogP contribution in [0.4, 0.5) is 5.82 Å². The lowest BCUT2D eigenvalue weighted by atomic mass is 10.1. The molecule has 1 atom stereocenters. The summed E-state index contributed by atoms with van der Waals surface area (Å²) in [7, 11) is 0. The molecule has 0 radical (unpaired) electrons. The molecule has 0 fully saturated rings. The summed E-state index contributed by atoms with van der Waals surface area (Å²) in [6, 6.07) is 2.85. The van der Waals surface area contributed by atoms with E-state index in [1.165, 1.54) is 0 Å². The smallest absolute Gasteiger partial charge is 0.326 e. The molecule has 102 valence electrons. The maximum absolute atomic E-state index is 11.2. The molecule has 0 aromatic carbocycles. The number of aliphatic carboxylic acids is 1. The van der Waals surface area contributed by atoms with Gasteiger partial charge in [-0.2, -0.15) is 4.52 Å². The number of carbonyl (C=O) groups is 1. The monoisotopic (exact) mass is 263 g/mol. The van der Waals surface area contributed by atoms with E-state index in [0.717, 1.165) is 12.8 Å². The topological polar surface area (TPSA) is 92.4 Å². The summed E-state index contributed by atoms with van der Waals surface area (Å²) in [6.07, 6.45) is 2.40. The van der Waals surface area contributed by atoms with Crippen LogP contribution in [-0.4, -0.2) is 36.9 Å². The Morgan fingerprint density at radius 1 is 1.47 bits per heavy atom. The fourth-order valence-electron chi connectivity index (χ4n) is 1.82. The van der Waals surface area contributed by atoms with Crippen molar-refractivity contribution in [3.63, 3.8) is 0 Å². The number of carboxylic acids is 1. The number of unbranched alkanes of at least 4 members (excludes halogenated alkanes) is 1. The first-order chi connectivity index (χ1) is 9.11. The third-order valence-corrected chi connectivity index (χ3v) is 2.89. The van der Waals surface area contributed by atoms with Crippen LogP contribution in [0.2, 0.25) is 0 Å². The van der Waals surface area contributed by atoms with Crippen molar-refractivity contribution in [2.75, 3.05) is 5.32 Å². The molecule has 0 amide bonds. The van der Waals surface area contributed by atoms with Gasteiger partial charge < -0.3 is 10.4 Å². The predicted molar refractivity (Wildman–Crippen MR) is 70.1 cm³/mol. The Morgan fingerprint density at radius 3 is 2.95 bits per heavy atom. The maximum Gasteiger partial charge on any atom is 0.326 e. The van der Waals surface area contributed by atoms with Crippen LogP contribution in [-0.2, 0) is 4.79 Å². The molecule has 0 saturated heterocycles. The first-order valence-corrected chi connectivity index (χ1v) is 6.30. The molecule has 2 heterocycles. The minimum Gasteiger partial charge on any atom is -0.480 e. The van der Waals surface area contributed by atoms with Gasteiger partial charge in [0.2, 0.25) is 0 Å². The molecule has 0 spiro atoms. The zero-order chi connectivity index (χ0) is 13.8. The Bertz CT molecular complexity index is 581. The Balaban J connectivity index is 2.18. The summed E-state index contributed by atoms with van der Waals surface area (Å²) in [5.74, 6) is 0.314. The number of rotatable bonds is 6. The molecule has 0 bridgehead atoms. The highest BCUT2D eigenvalue weighted by Gasteiger charge is 2.17. The Morgan fingerprint density at radius 2 is 2.26 bits per heavy atom. The maximum atomic E-state index is 11.2. The van der Waals surface area contributed by atoms with E-state index in [0.29, 0.717) is 23.7 Å². The van der Waals surface area contributed by atoms with Crippen LogP contribution < -0.4 is 5.32 Å². The molecule has 0 saturated carbocycles. The minimum absolute atomic E-state index is 0.513. The summed E-state index contributed by atoms with van der Waals surface area (Å²) < 4.78 is 1.58. The van der Waals surface area contributed by atoms with Crippen LogP contribution in [0.25, 0.3) is 5.65 Å². The summed E-state index contributed by atoms with van der Waals surface area (Å²) in [5, 5.41) is 24.2. The highest BCUT2D eigenvalue weighted by molar-refractivity contribution is 5.76. The van der Waals surface area contributed by atoms with E-state index in [1.54, 1.807) is 23.6 Å². The van der Waals surface area contributed by atoms with E-state index in [4.69, 9.17) is 5.11 Å². The number of hydrogen-bond donors (Lipinski definition) is 2. The molecule has 2 N–H and O–H groups in total. The van der Waals surface area contributed by atoms with E-state index in [2.05, 4.69) is 20.6 Å². The molecule has 19 heavy (non-hydrogen) atoms. The normalized spacial score (nSPS) is 12.5. The average molecular weight is 263 g/mol. The lowest BCUT2D eigenvalue weighted by molar-refractivity contribution is -0.138. The number of nitrogens with one attached hydrogen (secondary N) is 1. The fourth-order valence-corrected chi connectivity index (χ4v) is 1.82. The van der Waals surface area contributed by atoms with Gasteiger partial charge in [0.05, 0.1) is 0 Å². The Kier molecular flexibility index (Phi) is 3.94. The summed E-state index contributed by atoms with van der Waals surface area (Å²) in [5.41, 5.74) is 0.642. The quantitative estimate of drug-likeness (QED) is 0.820. The van der Waals surface area contributed by atoms with Gasteiger partial charge in [-0.1, -0.05) is 19.8 Å². The number of hydrogen-bond acceptors (Lipinski definition) is 5. The van der Waals surface area contributed by atoms with Crippen LogP contribution >= 0.6 is 0 Å². The summed E-state index contributed by atoms with van der Waals surface area (Å²) >= 11 is 0. The lowest BCUT2D eigenvalue weighted by Gasteiger charge is -2.14. The summed E-state index contributed by atoms with van der Waals surface area (Å²) in [4.78, 5) is 11.2. The number of carboxylic acid groups (broad SMARTS) is 1. The van der Waals surface area contributed by atoms with Crippen molar-refractivity contribution < 1.29 is 9.90 Å². The number of fused-ring (bicyclic) bond motifs is 1. The lowest BCUT2D eigenvalue weighted by Crippen LogP contribution is -2.29. The largest absolute Gasteiger partial charge is 0.480 e. The number of anilines is 1. The third-order valence-electron chi connectivity index (χ3n) is 2.89. The predicted octanol–water partition coefficient (Wildman–Crippen LogP) is 1.49. The van der Waals surface area contributed by atoms with Crippen molar-refractivity contribution in [1.29, 1.82) is 0 Å². The molecule has 2 rings (SSSR count). The third kappa shape index (κ3) is 2.98. The number of aromatic nitrogens is 4. The van der Waals surface area contributed by atoms with Gasteiger partial charge >= 0.3 is 5.97 Å². The summed E-state index contributed by atoms with van der Waals surface area (Å²) in [6.45, 7) is 3.83. The standard InChI is InChI=1S/C12H17N5O2/c1-3-4-5-9(12(18)19)13-10-6-7-11-15-14-8(2)17(11)16-10/h6-7,9H,3-5H2,1-2H3,(H,13,16)(H,18,19). The van der Waals surface area contributed by atoms with Gasteiger partial charge in [0, 0.05) is 0 Å². The molecule has 0 aliphatic heterocycles. The molecule has 2 aromatic heterocycles. The van der Waals surface area contributed by atoms with Crippen LogP contribution in [0.3, 0.4) is 0 Å². The first kappa shape index (κ1) is 13.3. The van der Waals surface area contributed by atoms with Gasteiger partial charge in [0.15, 0.2) is 11.5 Å². The van der Waals surface area contributed by atoms with Crippen molar-refractivity contribution in [1.82, 2.24) is 19.8 Å². The molecule has 0 aliphatic rings. The van der Waals surface area contributed by atoms with Crippen molar-refractivity contribution in [3.8, 4) is 0 Å². The van der Waals surface area contributed by atoms with Gasteiger partial charge in [-0.05, 0) is 25.5 Å². The highest BCUT2D eigenvalue weighted by atomic mass is 16.4. The van der Waals surface area contributed by atoms with Gasteiger partial charge in [-0.15, -0.1) is 15.3 Å². The zero-order valence-electron chi connectivity index (χ0n) is 11.0. The van der Waals surface area contributed by atoms with Crippen molar-refractivity contribution in [3.05, 3.63) is 18.0 Å². The van der Waals surface area contributed by atoms with Gasteiger partial charge in [0.1, 0.15) is 11.9 Å². The molecular formula is C12H17N5O2. The number of nitrogens with zero attached hydrogens (tertiary/aromatic N) is 4.